The van der Waals surface area contributed by atoms with Gasteiger partial charge in [-0.15, -0.1) is 34.0 Å². The van der Waals surface area contributed by atoms with Crippen LogP contribution in [0.25, 0.3) is 41.8 Å². The summed E-state index contributed by atoms with van der Waals surface area (Å²) in [5.41, 5.74) is 5.24. The molecule has 1 N–H and O–H groups in total. The van der Waals surface area contributed by atoms with Crippen LogP contribution in [-0.4, -0.2) is 4.98 Å². The van der Waals surface area contributed by atoms with E-state index in [1.165, 1.54) is 41.8 Å². The minimum Gasteiger partial charge on any atom is -0.368 e. The fourth-order valence-electron chi connectivity index (χ4n) is 3.63. The maximum absolute atomic E-state index is 2.86. The Kier molecular flexibility index (Phi) is 6.45. The number of H-pyrrole nitrogens is 1. The number of benzene rings is 2. The van der Waals surface area contributed by atoms with Crippen molar-refractivity contribution in [1.82, 2.24) is 4.98 Å². The van der Waals surface area contributed by atoms with Gasteiger partial charge in [0.05, 0.1) is 9.75 Å². The fourth-order valence-corrected chi connectivity index (χ4v) is 6.70. The average Bonchev–Trinajstić information content (AvgIpc) is 3.67. The van der Waals surface area contributed by atoms with Gasteiger partial charge < -0.3 is 4.98 Å². The summed E-state index contributed by atoms with van der Waals surface area (Å²) < 4.78 is 0. The molecule has 0 bridgehead atoms. The third-order valence-electron chi connectivity index (χ3n) is 5.02. The molecule has 6 rings (SSSR count). The van der Waals surface area contributed by atoms with Crippen LogP contribution in [0.1, 0.15) is 0 Å². The van der Waals surface area contributed by atoms with Crippen LogP contribution < -0.4 is 0 Å². The molecule has 0 saturated heterocycles. The highest BCUT2D eigenvalue weighted by molar-refractivity contribution is 7.26. The van der Waals surface area contributed by atoms with Gasteiger partial charge in [-0.25, -0.2) is 0 Å². The van der Waals surface area contributed by atoms with Gasteiger partial charge in [0.2, 0.25) is 0 Å². The molecule has 0 spiro atoms. The zero-order valence-corrected chi connectivity index (χ0v) is 19.7. The maximum Gasteiger partial charge on any atom is 0.0534 e. The molecule has 0 aliphatic rings. The Hall–Kier alpha value is -3.18. The molecule has 0 atom stereocenters. The van der Waals surface area contributed by atoms with Crippen LogP contribution in [-0.2, 0) is 0 Å². The topological polar surface area (TPSA) is 15.8 Å². The second-order valence-electron chi connectivity index (χ2n) is 7.08. The average molecular weight is 468 g/mol. The van der Waals surface area contributed by atoms with Crippen molar-refractivity contribution in [1.29, 1.82) is 0 Å². The Morgan fingerprint density at radius 2 is 0.938 bits per heavy atom. The van der Waals surface area contributed by atoms with Gasteiger partial charge in [0.1, 0.15) is 0 Å². The van der Waals surface area contributed by atoms with Crippen molar-refractivity contribution < 1.29 is 0 Å². The van der Waals surface area contributed by atoms with E-state index in [0.29, 0.717) is 0 Å². The molecule has 0 aliphatic carbocycles. The molecule has 0 radical (unpaired) electrons. The molecule has 0 unspecified atom stereocenters. The van der Waals surface area contributed by atoms with E-state index in [1.54, 1.807) is 0 Å². The van der Waals surface area contributed by atoms with E-state index >= 15 is 0 Å². The highest BCUT2D eigenvalue weighted by Gasteiger charge is 2.23. The fraction of sp³-hybridized carbons (Fsp3) is 0. The van der Waals surface area contributed by atoms with Crippen LogP contribution in [0.3, 0.4) is 0 Å². The number of rotatable bonds is 4. The Bertz CT molecular complexity index is 1220. The molecule has 1 nitrogen and oxygen atoms in total. The Labute approximate surface area is 200 Å². The van der Waals surface area contributed by atoms with E-state index in [9.17, 15) is 0 Å². The quantitative estimate of drug-likeness (QED) is 0.266. The molecule has 0 aliphatic heterocycles. The second kappa shape index (κ2) is 9.96. The number of hydrogen-bond acceptors (Lipinski definition) is 3. The van der Waals surface area contributed by atoms with Crippen molar-refractivity contribution >= 4 is 34.0 Å². The standard InChI is InChI=1S/C24H16S3.C4H5N/c1-3-9-17(10-4-1)21-22(18-11-5-2-6-12-18)24(20-14-8-16-26-20)27-23(21)19-13-7-15-25-19;1-2-4-5-3-1/h1-16H;1-5H. The van der Waals surface area contributed by atoms with Gasteiger partial charge in [0.25, 0.3) is 0 Å². The lowest BCUT2D eigenvalue weighted by atomic mass is 9.94. The maximum atomic E-state index is 2.86. The van der Waals surface area contributed by atoms with Crippen molar-refractivity contribution in [2.75, 3.05) is 0 Å². The first-order chi connectivity index (χ1) is 15.9. The summed E-state index contributed by atoms with van der Waals surface area (Å²) in [6.45, 7) is 0. The minimum absolute atomic E-state index is 1.28. The number of nitrogens with one attached hydrogen (secondary N) is 1. The molecule has 4 heterocycles. The molecule has 6 aromatic rings. The molecule has 2 aromatic carbocycles. The zero-order chi connectivity index (χ0) is 21.6. The number of hydrogen-bond donors (Lipinski definition) is 1. The summed E-state index contributed by atoms with van der Waals surface area (Å²) in [4.78, 5) is 8.24. The molecular weight excluding hydrogens is 447 g/mol. The summed E-state index contributed by atoms with van der Waals surface area (Å²) in [7, 11) is 0. The van der Waals surface area contributed by atoms with Crippen LogP contribution >= 0.6 is 34.0 Å². The summed E-state index contributed by atoms with van der Waals surface area (Å²) in [6, 6.07) is 34.2. The summed E-state index contributed by atoms with van der Waals surface area (Å²) in [5, 5.41) is 4.33. The van der Waals surface area contributed by atoms with Gasteiger partial charge >= 0.3 is 0 Å². The molecule has 0 amide bonds. The van der Waals surface area contributed by atoms with Gasteiger partial charge in [0, 0.05) is 33.3 Å². The van der Waals surface area contributed by atoms with E-state index in [4.69, 9.17) is 0 Å². The highest BCUT2D eigenvalue weighted by atomic mass is 32.1. The van der Waals surface area contributed by atoms with Crippen molar-refractivity contribution in [3.8, 4) is 41.8 Å². The number of thiophene rings is 3. The van der Waals surface area contributed by atoms with Crippen LogP contribution in [0.4, 0.5) is 0 Å². The second-order valence-corrected chi connectivity index (χ2v) is 10.00. The molecule has 0 fully saturated rings. The lowest BCUT2D eigenvalue weighted by Gasteiger charge is -2.09. The third kappa shape index (κ3) is 4.39. The minimum atomic E-state index is 1.28. The van der Waals surface area contributed by atoms with Crippen LogP contribution in [0.15, 0.2) is 120 Å². The number of aromatic nitrogens is 1. The van der Waals surface area contributed by atoms with Crippen LogP contribution in [0.2, 0.25) is 0 Å². The van der Waals surface area contributed by atoms with E-state index in [0.717, 1.165) is 0 Å². The first kappa shape index (κ1) is 20.7. The van der Waals surface area contributed by atoms with Gasteiger partial charge in [-0.2, -0.15) is 0 Å². The van der Waals surface area contributed by atoms with E-state index < -0.39 is 0 Å². The van der Waals surface area contributed by atoms with Gasteiger partial charge in [0.15, 0.2) is 0 Å². The molecule has 4 aromatic heterocycles. The van der Waals surface area contributed by atoms with Crippen LogP contribution in [0, 0.1) is 0 Å². The van der Waals surface area contributed by atoms with Crippen LogP contribution in [0.5, 0.6) is 0 Å². The lowest BCUT2D eigenvalue weighted by molar-refractivity contribution is 1.42. The molecular formula is C28H21NS3. The smallest absolute Gasteiger partial charge is 0.0534 e. The van der Waals surface area contributed by atoms with Crippen molar-refractivity contribution in [3.05, 3.63) is 120 Å². The first-order valence-electron chi connectivity index (χ1n) is 10.3. The summed E-state index contributed by atoms with van der Waals surface area (Å²) in [5.74, 6) is 0. The third-order valence-corrected chi connectivity index (χ3v) is 8.31. The van der Waals surface area contributed by atoms with E-state index in [2.05, 4.69) is 101 Å². The van der Waals surface area contributed by atoms with E-state index in [1.807, 2.05) is 58.5 Å². The predicted octanol–water partition coefficient (Wildman–Crippen LogP) is 9.55. The predicted molar refractivity (Wildman–Crippen MR) is 143 cm³/mol. The number of aromatic amines is 1. The molecule has 156 valence electrons. The summed E-state index contributed by atoms with van der Waals surface area (Å²) >= 11 is 5.54. The van der Waals surface area contributed by atoms with Crippen molar-refractivity contribution in [2.24, 2.45) is 0 Å². The Morgan fingerprint density at radius 1 is 0.469 bits per heavy atom. The van der Waals surface area contributed by atoms with Gasteiger partial charge in [-0.3, -0.25) is 0 Å². The highest BCUT2D eigenvalue weighted by Crippen LogP contribution is 2.53. The SMILES string of the molecule is c1cc[nH]c1.c1ccc(-c2c(-c3cccs3)sc(-c3cccs3)c2-c2ccccc2)cc1. The largest absolute Gasteiger partial charge is 0.368 e. The molecule has 32 heavy (non-hydrogen) atoms. The Morgan fingerprint density at radius 3 is 1.28 bits per heavy atom. The molecule has 4 heteroatoms. The Balaban J connectivity index is 0.000000383. The van der Waals surface area contributed by atoms with E-state index in [-0.39, 0.29) is 0 Å². The monoisotopic (exact) mass is 467 g/mol. The summed E-state index contributed by atoms with van der Waals surface area (Å²) in [6.07, 6.45) is 3.75. The molecule has 0 saturated carbocycles. The normalized spacial score (nSPS) is 10.5. The zero-order valence-electron chi connectivity index (χ0n) is 17.3. The van der Waals surface area contributed by atoms with Crippen molar-refractivity contribution in [2.45, 2.75) is 0 Å². The van der Waals surface area contributed by atoms with Crippen molar-refractivity contribution in [3.63, 3.8) is 0 Å². The first-order valence-corrected chi connectivity index (χ1v) is 12.9. The van der Waals surface area contributed by atoms with Gasteiger partial charge in [-0.05, 0) is 46.2 Å². The lowest BCUT2D eigenvalue weighted by Crippen LogP contribution is -1.84. The van der Waals surface area contributed by atoms with Gasteiger partial charge in [-0.1, -0.05) is 72.8 Å².